The number of hydrogen-bond acceptors (Lipinski definition) is 4. The first-order chi connectivity index (χ1) is 11.9. The Morgan fingerprint density at radius 2 is 2.04 bits per heavy atom. The molecule has 1 aliphatic carbocycles. The highest BCUT2D eigenvalue weighted by Gasteiger charge is 2.22. The molecular formula is C19H26N4O. The van der Waals surface area contributed by atoms with E-state index in [2.05, 4.69) is 39.2 Å². The van der Waals surface area contributed by atoms with Crippen molar-refractivity contribution in [3.63, 3.8) is 0 Å². The smallest absolute Gasteiger partial charge is 0.137 e. The van der Waals surface area contributed by atoms with Crippen molar-refractivity contribution in [1.82, 2.24) is 19.7 Å². The molecule has 1 saturated heterocycles. The monoisotopic (exact) mass is 326 g/mol. The molecule has 0 radical (unpaired) electrons. The lowest BCUT2D eigenvalue weighted by Gasteiger charge is -2.32. The zero-order chi connectivity index (χ0) is 16.2. The normalized spacial score (nSPS) is 22.8. The minimum Gasteiger partial charge on any atom is -0.490 e. The number of benzene rings is 1. The number of ether oxygens (including phenoxy) is 1. The van der Waals surface area contributed by atoms with Gasteiger partial charge in [0.15, 0.2) is 0 Å². The van der Waals surface area contributed by atoms with Crippen LogP contribution in [0.3, 0.4) is 0 Å². The van der Waals surface area contributed by atoms with Gasteiger partial charge in [-0.2, -0.15) is 5.10 Å². The molecular weight excluding hydrogens is 300 g/mol. The summed E-state index contributed by atoms with van der Waals surface area (Å²) >= 11 is 0. The van der Waals surface area contributed by atoms with Gasteiger partial charge < -0.3 is 4.74 Å². The van der Waals surface area contributed by atoms with Crippen molar-refractivity contribution in [2.45, 2.75) is 57.2 Å². The fourth-order valence-corrected chi connectivity index (χ4v) is 3.97. The van der Waals surface area contributed by atoms with Crippen LogP contribution < -0.4 is 4.74 Å². The van der Waals surface area contributed by atoms with Crippen molar-refractivity contribution in [3.05, 3.63) is 42.5 Å². The van der Waals surface area contributed by atoms with Gasteiger partial charge in [0, 0.05) is 13.1 Å². The molecule has 5 heteroatoms. The van der Waals surface area contributed by atoms with Crippen molar-refractivity contribution in [2.75, 3.05) is 13.1 Å². The van der Waals surface area contributed by atoms with Crippen LogP contribution in [0.5, 0.6) is 5.75 Å². The van der Waals surface area contributed by atoms with E-state index in [9.17, 15) is 0 Å². The summed E-state index contributed by atoms with van der Waals surface area (Å²) in [4.78, 5) is 6.60. The summed E-state index contributed by atoms with van der Waals surface area (Å²) in [5.41, 5.74) is 1.34. The second-order valence-electron chi connectivity index (χ2n) is 7.08. The summed E-state index contributed by atoms with van der Waals surface area (Å²) in [6, 6.07) is 9.09. The van der Waals surface area contributed by atoms with E-state index in [0.717, 1.165) is 25.4 Å². The summed E-state index contributed by atoms with van der Waals surface area (Å²) < 4.78 is 8.15. The molecule has 1 aromatic carbocycles. The fourth-order valence-electron chi connectivity index (χ4n) is 3.97. The summed E-state index contributed by atoms with van der Waals surface area (Å²) in [6.07, 6.45) is 11.3. The van der Waals surface area contributed by atoms with E-state index < -0.39 is 0 Å². The predicted octanol–water partition coefficient (Wildman–Crippen LogP) is 3.44. The number of nitrogens with zero attached hydrogens (tertiary/aromatic N) is 4. The summed E-state index contributed by atoms with van der Waals surface area (Å²) in [5.74, 6) is 1.03. The fraction of sp³-hybridized carbons (Fsp3) is 0.579. The third-order valence-corrected chi connectivity index (χ3v) is 5.20. The Balaban J connectivity index is 1.37. The lowest BCUT2D eigenvalue weighted by molar-refractivity contribution is 0.162. The Hall–Kier alpha value is -1.88. The standard InChI is InChI=1S/C19H26N4O/c1-2-8-18(7-1)24-19-9-3-5-16(11-19)12-22-10-4-6-17(13-22)23-15-20-14-21-23/h3,5,9,11,14-15,17-18H,1-2,4,6-8,10,12-13H2. The Morgan fingerprint density at radius 3 is 2.88 bits per heavy atom. The first-order valence-electron chi connectivity index (χ1n) is 9.19. The Bertz CT molecular complexity index is 637. The molecule has 1 unspecified atom stereocenters. The molecule has 2 aliphatic rings. The molecule has 0 spiro atoms. The van der Waals surface area contributed by atoms with E-state index in [1.165, 1.54) is 44.1 Å². The molecule has 1 aliphatic heterocycles. The van der Waals surface area contributed by atoms with Gasteiger partial charge in [-0.1, -0.05) is 12.1 Å². The molecule has 1 atom stereocenters. The van der Waals surface area contributed by atoms with Gasteiger partial charge in [0.2, 0.25) is 0 Å². The summed E-state index contributed by atoms with van der Waals surface area (Å²) in [5, 5.41) is 4.31. The molecule has 1 saturated carbocycles. The largest absolute Gasteiger partial charge is 0.490 e. The van der Waals surface area contributed by atoms with Crippen LogP contribution in [-0.4, -0.2) is 38.9 Å². The highest BCUT2D eigenvalue weighted by Crippen LogP contribution is 2.26. The van der Waals surface area contributed by atoms with Crippen molar-refractivity contribution in [3.8, 4) is 5.75 Å². The average Bonchev–Trinajstić information content (AvgIpc) is 3.29. The maximum atomic E-state index is 6.14. The summed E-state index contributed by atoms with van der Waals surface area (Å²) in [7, 11) is 0. The lowest BCUT2D eigenvalue weighted by atomic mass is 10.0. The van der Waals surface area contributed by atoms with Gasteiger partial charge in [-0.05, 0) is 62.8 Å². The lowest BCUT2D eigenvalue weighted by Crippen LogP contribution is -2.36. The molecule has 5 nitrogen and oxygen atoms in total. The van der Waals surface area contributed by atoms with E-state index in [4.69, 9.17) is 4.74 Å². The molecule has 128 valence electrons. The minimum atomic E-state index is 0.423. The second kappa shape index (κ2) is 7.34. The number of hydrogen-bond donors (Lipinski definition) is 0. The number of rotatable bonds is 5. The topological polar surface area (TPSA) is 43.2 Å². The van der Waals surface area contributed by atoms with Crippen LogP contribution in [0.15, 0.2) is 36.9 Å². The Labute approximate surface area is 143 Å². The predicted molar refractivity (Wildman–Crippen MR) is 92.9 cm³/mol. The zero-order valence-electron chi connectivity index (χ0n) is 14.2. The SMILES string of the molecule is c1cc(CN2CCCC(n3cncn3)C2)cc(OC2CCCC2)c1. The highest BCUT2D eigenvalue weighted by atomic mass is 16.5. The van der Waals surface area contributed by atoms with Gasteiger partial charge in [0.05, 0.1) is 12.1 Å². The van der Waals surface area contributed by atoms with Gasteiger partial charge in [-0.15, -0.1) is 0 Å². The minimum absolute atomic E-state index is 0.423. The first-order valence-corrected chi connectivity index (χ1v) is 9.19. The second-order valence-corrected chi connectivity index (χ2v) is 7.08. The Morgan fingerprint density at radius 1 is 1.12 bits per heavy atom. The van der Waals surface area contributed by atoms with E-state index in [-0.39, 0.29) is 0 Å². The van der Waals surface area contributed by atoms with Gasteiger partial charge in [0.25, 0.3) is 0 Å². The molecule has 0 N–H and O–H groups in total. The van der Waals surface area contributed by atoms with E-state index in [1.54, 1.807) is 6.33 Å². The summed E-state index contributed by atoms with van der Waals surface area (Å²) in [6.45, 7) is 3.17. The third-order valence-electron chi connectivity index (χ3n) is 5.20. The van der Waals surface area contributed by atoms with Crippen LogP contribution in [0.25, 0.3) is 0 Å². The van der Waals surface area contributed by atoms with Crippen molar-refractivity contribution in [2.24, 2.45) is 0 Å². The molecule has 24 heavy (non-hydrogen) atoms. The number of aromatic nitrogens is 3. The highest BCUT2D eigenvalue weighted by molar-refractivity contribution is 5.28. The maximum absolute atomic E-state index is 6.14. The number of piperidine rings is 1. The van der Waals surface area contributed by atoms with Crippen LogP contribution >= 0.6 is 0 Å². The van der Waals surface area contributed by atoms with Crippen LogP contribution in [-0.2, 0) is 6.54 Å². The molecule has 4 rings (SSSR count). The molecule has 2 heterocycles. The Kier molecular flexibility index (Phi) is 4.78. The van der Waals surface area contributed by atoms with E-state index in [1.807, 2.05) is 11.0 Å². The first kappa shape index (κ1) is 15.6. The van der Waals surface area contributed by atoms with Gasteiger partial charge in [-0.3, -0.25) is 4.90 Å². The van der Waals surface area contributed by atoms with Crippen molar-refractivity contribution in [1.29, 1.82) is 0 Å². The quantitative estimate of drug-likeness (QED) is 0.844. The van der Waals surface area contributed by atoms with Gasteiger partial charge in [0.1, 0.15) is 18.4 Å². The molecule has 2 aromatic rings. The van der Waals surface area contributed by atoms with Gasteiger partial charge in [-0.25, -0.2) is 9.67 Å². The molecule has 1 aromatic heterocycles. The third kappa shape index (κ3) is 3.78. The van der Waals surface area contributed by atoms with Crippen molar-refractivity contribution >= 4 is 0 Å². The zero-order valence-corrected chi connectivity index (χ0v) is 14.2. The van der Waals surface area contributed by atoms with E-state index in [0.29, 0.717) is 12.1 Å². The van der Waals surface area contributed by atoms with Crippen LogP contribution in [0, 0.1) is 0 Å². The van der Waals surface area contributed by atoms with Crippen molar-refractivity contribution < 1.29 is 4.74 Å². The number of likely N-dealkylation sites (tertiary alicyclic amines) is 1. The van der Waals surface area contributed by atoms with Crippen LogP contribution in [0.4, 0.5) is 0 Å². The molecule has 0 bridgehead atoms. The van der Waals surface area contributed by atoms with Gasteiger partial charge >= 0.3 is 0 Å². The molecule has 2 fully saturated rings. The van der Waals surface area contributed by atoms with Crippen LogP contribution in [0.2, 0.25) is 0 Å². The van der Waals surface area contributed by atoms with Crippen LogP contribution in [0.1, 0.15) is 50.1 Å². The molecule has 0 amide bonds. The van der Waals surface area contributed by atoms with E-state index >= 15 is 0 Å². The maximum Gasteiger partial charge on any atom is 0.137 e. The average molecular weight is 326 g/mol.